The molecule has 0 atom stereocenters. The van der Waals surface area contributed by atoms with E-state index < -0.39 is 5.97 Å². The van der Waals surface area contributed by atoms with Crippen LogP contribution in [0.3, 0.4) is 0 Å². The number of thiophene rings is 1. The molecule has 0 aliphatic heterocycles. The van der Waals surface area contributed by atoms with Crippen molar-refractivity contribution in [3.8, 4) is 0 Å². The molecule has 0 saturated heterocycles. The first-order chi connectivity index (χ1) is 9.13. The van der Waals surface area contributed by atoms with E-state index in [9.17, 15) is 4.79 Å². The second-order valence-electron chi connectivity index (χ2n) is 4.25. The van der Waals surface area contributed by atoms with Crippen molar-refractivity contribution in [1.29, 1.82) is 0 Å². The maximum atomic E-state index is 11.0. The highest BCUT2D eigenvalue weighted by Crippen LogP contribution is 2.24. The van der Waals surface area contributed by atoms with Crippen LogP contribution in [0.4, 0.5) is 0 Å². The topological polar surface area (TPSA) is 42.2 Å². The van der Waals surface area contributed by atoms with Gasteiger partial charge in [-0.3, -0.25) is 0 Å². The summed E-state index contributed by atoms with van der Waals surface area (Å²) in [6.07, 6.45) is 1.99. The van der Waals surface area contributed by atoms with Crippen LogP contribution in [0.1, 0.15) is 15.2 Å². The number of hydrogen-bond donors (Lipinski definition) is 1. The van der Waals surface area contributed by atoms with E-state index >= 15 is 0 Å². The van der Waals surface area contributed by atoms with Crippen LogP contribution in [0.5, 0.6) is 0 Å². The Kier molecular flexibility index (Phi) is 3.16. The largest absolute Gasteiger partial charge is 0.478 e. The van der Waals surface area contributed by atoms with Gasteiger partial charge in [-0.25, -0.2) is 4.79 Å². The number of fused-ring (bicyclic) bond motifs is 1. The normalized spacial score (nSPS) is 11.0. The van der Waals surface area contributed by atoms with Gasteiger partial charge in [0.15, 0.2) is 0 Å². The molecule has 96 valence electrons. The van der Waals surface area contributed by atoms with E-state index in [1.54, 1.807) is 23.5 Å². The molecule has 1 aromatic carbocycles. The molecule has 3 nitrogen and oxygen atoms in total. The summed E-state index contributed by atoms with van der Waals surface area (Å²) >= 11 is 5.12. The van der Waals surface area contributed by atoms with Crippen LogP contribution in [0, 0.1) is 0 Å². The van der Waals surface area contributed by atoms with Gasteiger partial charge in [0.2, 0.25) is 0 Å². The van der Waals surface area contributed by atoms with Gasteiger partial charge >= 0.3 is 5.97 Å². The minimum Gasteiger partial charge on any atom is -0.478 e. The quantitative estimate of drug-likeness (QED) is 0.778. The van der Waals surface area contributed by atoms with Gasteiger partial charge in [-0.15, -0.1) is 11.3 Å². The van der Waals surface area contributed by atoms with Crippen molar-refractivity contribution < 1.29 is 9.90 Å². The summed E-state index contributed by atoms with van der Waals surface area (Å²) < 4.78 is 3.15. The molecule has 0 aliphatic carbocycles. The monoisotopic (exact) mass is 335 g/mol. The van der Waals surface area contributed by atoms with E-state index in [-0.39, 0.29) is 0 Å². The number of carboxylic acids is 1. The lowest BCUT2D eigenvalue weighted by atomic mass is 10.1. The van der Waals surface area contributed by atoms with Crippen molar-refractivity contribution in [2.75, 3.05) is 0 Å². The van der Waals surface area contributed by atoms with Gasteiger partial charge in [-0.05, 0) is 45.6 Å². The minimum atomic E-state index is -0.895. The van der Waals surface area contributed by atoms with Crippen molar-refractivity contribution in [2.24, 2.45) is 0 Å². The zero-order valence-electron chi connectivity index (χ0n) is 9.84. The number of rotatable bonds is 3. The smallest absolute Gasteiger partial charge is 0.335 e. The van der Waals surface area contributed by atoms with Crippen LogP contribution in [0.15, 0.2) is 46.4 Å². The van der Waals surface area contributed by atoms with Crippen molar-refractivity contribution in [3.05, 3.63) is 56.8 Å². The number of aromatic nitrogens is 1. The molecule has 3 aromatic rings. The van der Waals surface area contributed by atoms with Crippen LogP contribution in [-0.4, -0.2) is 15.6 Å². The molecule has 2 aromatic heterocycles. The zero-order chi connectivity index (χ0) is 13.4. The number of carboxylic acid groups (broad SMARTS) is 1. The summed E-state index contributed by atoms with van der Waals surface area (Å²) in [7, 11) is 0. The first kappa shape index (κ1) is 12.4. The Hall–Kier alpha value is -1.59. The maximum absolute atomic E-state index is 11.0. The fraction of sp³-hybridized carbons (Fsp3) is 0.0714. The summed E-state index contributed by atoms with van der Waals surface area (Å²) in [6, 6.07) is 9.29. The molecule has 0 fully saturated rings. The Morgan fingerprint density at radius 2 is 2.16 bits per heavy atom. The molecule has 0 aliphatic rings. The molecule has 2 heterocycles. The molecule has 1 N–H and O–H groups in total. The summed E-state index contributed by atoms with van der Waals surface area (Å²) in [5, 5.41) is 12.2. The number of carbonyl (C=O) groups is 1. The van der Waals surface area contributed by atoms with Crippen LogP contribution >= 0.6 is 27.3 Å². The minimum absolute atomic E-state index is 0.319. The molecule has 0 bridgehead atoms. The Labute approximate surface area is 122 Å². The van der Waals surface area contributed by atoms with Crippen LogP contribution in [0.25, 0.3) is 10.9 Å². The highest BCUT2D eigenvalue weighted by atomic mass is 79.9. The number of aromatic carboxylic acids is 1. The van der Waals surface area contributed by atoms with Gasteiger partial charge in [-0.2, -0.15) is 0 Å². The molecule has 0 amide bonds. The number of nitrogens with zero attached hydrogens (tertiary/aromatic N) is 1. The molecular formula is C14H10BrNO2S. The van der Waals surface area contributed by atoms with Gasteiger partial charge < -0.3 is 9.67 Å². The predicted molar refractivity (Wildman–Crippen MR) is 80.0 cm³/mol. The maximum Gasteiger partial charge on any atom is 0.335 e. The lowest BCUT2D eigenvalue weighted by Crippen LogP contribution is -1.99. The highest BCUT2D eigenvalue weighted by Gasteiger charge is 2.08. The van der Waals surface area contributed by atoms with Crippen LogP contribution < -0.4 is 0 Å². The first-order valence-electron chi connectivity index (χ1n) is 5.68. The third kappa shape index (κ3) is 2.43. The van der Waals surface area contributed by atoms with Crippen LogP contribution in [-0.2, 0) is 6.54 Å². The van der Waals surface area contributed by atoms with Crippen molar-refractivity contribution in [1.82, 2.24) is 4.57 Å². The third-order valence-corrected chi connectivity index (χ3v) is 4.65. The highest BCUT2D eigenvalue weighted by molar-refractivity contribution is 9.10. The lowest BCUT2D eigenvalue weighted by molar-refractivity contribution is 0.0697. The van der Waals surface area contributed by atoms with Crippen molar-refractivity contribution in [3.63, 3.8) is 0 Å². The molecule has 19 heavy (non-hydrogen) atoms. The van der Waals surface area contributed by atoms with Gasteiger partial charge in [0.25, 0.3) is 0 Å². The Balaban J connectivity index is 2.03. The predicted octanol–water partition coefficient (Wildman–Crippen LogP) is 4.21. The summed E-state index contributed by atoms with van der Waals surface area (Å²) in [4.78, 5) is 12.3. The van der Waals surface area contributed by atoms with E-state index in [2.05, 4.69) is 26.6 Å². The lowest BCUT2D eigenvalue weighted by Gasteiger charge is -2.04. The summed E-state index contributed by atoms with van der Waals surface area (Å²) in [6.45, 7) is 0.753. The summed E-state index contributed by atoms with van der Waals surface area (Å²) in [5.74, 6) is -0.895. The Bertz CT molecular complexity index is 760. The molecule has 0 radical (unpaired) electrons. The van der Waals surface area contributed by atoms with Gasteiger partial charge in [-0.1, -0.05) is 6.07 Å². The van der Waals surface area contributed by atoms with E-state index in [0.29, 0.717) is 5.56 Å². The second kappa shape index (κ2) is 4.83. The van der Waals surface area contributed by atoms with Crippen molar-refractivity contribution in [2.45, 2.75) is 6.54 Å². The van der Waals surface area contributed by atoms with Gasteiger partial charge in [0, 0.05) is 26.4 Å². The van der Waals surface area contributed by atoms with Crippen LogP contribution in [0.2, 0.25) is 0 Å². The number of benzene rings is 1. The fourth-order valence-corrected chi connectivity index (χ4v) is 3.51. The van der Waals surface area contributed by atoms with Crippen molar-refractivity contribution >= 4 is 44.1 Å². The zero-order valence-corrected chi connectivity index (χ0v) is 12.2. The average Bonchev–Trinajstić information content (AvgIpc) is 2.96. The molecule has 0 saturated carbocycles. The first-order valence-corrected chi connectivity index (χ1v) is 7.36. The fourth-order valence-electron chi connectivity index (χ4n) is 2.06. The second-order valence-corrected chi connectivity index (χ2v) is 6.17. The summed E-state index contributed by atoms with van der Waals surface area (Å²) in [5.41, 5.74) is 1.27. The van der Waals surface area contributed by atoms with E-state index in [1.165, 1.54) is 4.88 Å². The molecule has 0 spiro atoms. The molecule has 5 heteroatoms. The molecule has 0 unspecified atom stereocenters. The third-order valence-electron chi connectivity index (χ3n) is 2.97. The average molecular weight is 336 g/mol. The standard InChI is InChI=1S/C14H10BrNO2S/c15-11-6-12(19-8-11)7-16-4-3-9-1-2-10(14(17)18)5-13(9)16/h1-6,8H,7H2,(H,17,18). The number of halogens is 1. The van der Waals surface area contributed by atoms with E-state index in [1.807, 2.05) is 23.7 Å². The van der Waals surface area contributed by atoms with Gasteiger partial charge in [0.05, 0.1) is 12.1 Å². The van der Waals surface area contributed by atoms with E-state index in [0.717, 1.165) is 21.9 Å². The SMILES string of the molecule is O=C(O)c1ccc2ccn(Cc3cc(Br)cs3)c2c1. The molecule has 3 rings (SSSR count). The Morgan fingerprint density at radius 3 is 2.84 bits per heavy atom. The molecular weight excluding hydrogens is 326 g/mol. The number of hydrogen-bond acceptors (Lipinski definition) is 2. The van der Waals surface area contributed by atoms with E-state index in [4.69, 9.17) is 5.11 Å². The Morgan fingerprint density at radius 1 is 1.32 bits per heavy atom. The van der Waals surface area contributed by atoms with Gasteiger partial charge in [0.1, 0.15) is 0 Å².